The number of methoxy groups -OCH3 is 2. The lowest BCUT2D eigenvalue weighted by molar-refractivity contribution is 0.397. The van der Waals surface area contributed by atoms with Gasteiger partial charge in [-0.15, -0.1) is 0 Å². The summed E-state index contributed by atoms with van der Waals surface area (Å²) < 4.78 is 12.5. The molecule has 3 aromatic rings. The van der Waals surface area contributed by atoms with E-state index in [9.17, 15) is 4.79 Å². The highest BCUT2D eigenvalue weighted by Gasteiger charge is 2.10. The van der Waals surface area contributed by atoms with Crippen molar-refractivity contribution in [2.24, 2.45) is 0 Å². The molecular weight excluding hydrogens is 312 g/mol. The van der Waals surface area contributed by atoms with Gasteiger partial charge in [-0.25, -0.2) is 0 Å². The first-order chi connectivity index (χ1) is 11.1. The van der Waals surface area contributed by atoms with E-state index in [1.54, 1.807) is 20.3 Å². The molecule has 6 heteroatoms. The summed E-state index contributed by atoms with van der Waals surface area (Å²) in [7, 11) is 3.19. The van der Waals surface area contributed by atoms with Gasteiger partial charge in [0.2, 0.25) is 0 Å². The average molecular weight is 328 g/mol. The first kappa shape index (κ1) is 15.3. The zero-order valence-electron chi connectivity index (χ0n) is 12.8. The molecule has 0 radical (unpaired) electrons. The van der Waals surface area contributed by atoms with E-state index in [2.05, 4.69) is 4.98 Å². The number of aromatic amines is 1. The van der Waals surface area contributed by atoms with Gasteiger partial charge in [0.15, 0.2) is 4.77 Å². The van der Waals surface area contributed by atoms with Gasteiger partial charge in [-0.2, -0.15) is 0 Å². The second-order valence-corrected chi connectivity index (χ2v) is 5.43. The van der Waals surface area contributed by atoms with Crippen molar-refractivity contribution < 1.29 is 9.47 Å². The maximum absolute atomic E-state index is 12.7. The Bertz CT molecular complexity index is 975. The zero-order valence-corrected chi connectivity index (χ0v) is 13.6. The van der Waals surface area contributed by atoms with Crippen LogP contribution in [0.5, 0.6) is 11.5 Å². The molecule has 0 fully saturated rings. The number of rotatable bonds is 4. The third kappa shape index (κ3) is 2.85. The summed E-state index contributed by atoms with van der Waals surface area (Å²) in [6, 6.07) is 12.8. The fourth-order valence-electron chi connectivity index (χ4n) is 2.52. The molecule has 1 heterocycles. The van der Waals surface area contributed by atoms with Gasteiger partial charge in [0.05, 0.1) is 31.7 Å². The molecule has 1 N–H and O–H groups in total. The van der Waals surface area contributed by atoms with Gasteiger partial charge in [0, 0.05) is 5.56 Å². The normalized spacial score (nSPS) is 10.7. The number of nitrogens with zero attached hydrogens (tertiary/aromatic N) is 1. The predicted molar refractivity (Wildman–Crippen MR) is 92.0 cm³/mol. The summed E-state index contributed by atoms with van der Waals surface area (Å²) in [6.45, 7) is 0.305. The molecule has 23 heavy (non-hydrogen) atoms. The molecule has 0 spiro atoms. The summed E-state index contributed by atoms with van der Waals surface area (Å²) in [5, 5.41) is 0.600. The minimum Gasteiger partial charge on any atom is -0.497 e. The number of hydrogen-bond acceptors (Lipinski definition) is 4. The summed E-state index contributed by atoms with van der Waals surface area (Å²) in [5.41, 5.74) is 1.43. The van der Waals surface area contributed by atoms with E-state index in [1.807, 2.05) is 36.4 Å². The summed E-state index contributed by atoms with van der Waals surface area (Å²) >= 11 is 5.34. The molecule has 0 bridgehead atoms. The number of ether oxygens (including phenoxy) is 2. The highest BCUT2D eigenvalue weighted by molar-refractivity contribution is 7.71. The van der Waals surface area contributed by atoms with Crippen LogP contribution in [-0.2, 0) is 6.54 Å². The van der Waals surface area contributed by atoms with Crippen molar-refractivity contribution in [1.29, 1.82) is 0 Å². The van der Waals surface area contributed by atoms with Crippen molar-refractivity contribution in [2.45, 2.75) is 6.54 Å². The van der Waals surface area contributed by atoms with Crippen molar-refractivity contribution >= 4 is 23.1 Å². The minimum absolute atomic E-state index is 0.130. The fourth-order valence-corrected chi connectivity index (χ4v) is 2.78. The molecule has 2 aromatic carbocycles. The van der Waals surface area contributed by atoms with E-state index >= 15 is 0 Å². The van der Waals surface area contributed by atoms with Gasteiger partial charge in [0.25, 0.3) is 5.56 Å². The molecule has 118 valence electrons. The third-order valence-corrected chi connectivity index (χ3v) is 4.03. The Morgan fingerprint density at radius 3 is 2.65 bits per heavy atom. The first-order valence-corrected chi connectivity index (χ1v) is 7.47. The van der Waals surface area contributed by atoms with Gasteiger partial charge < -0.3 is 14.5 Å². The Hall–Kier alpha value is -2.60. The molecule has 0 saturated heterocycles. The number of para-hydroxylation sites is 1. The molecule has 3 rings (SSSR count). The number of nitrogens with one attached hydrogen (secondary N) is 1. The summed E-state index contributed by atoms with van der Waals surface area (Å²) in [6.07, 6.45) is 0. The molecular formula is C17H16N2O3S. The van der Waals surface area contributed by atoms with Crippen LogP contribution in [0.1, 0.15) is 5.56 Å². The monoisotopic (exact) mass is 328 g/mol. The van der Waals surface area contributed by atoms with Crippen LogP contribution in [0.4, 0.5) is 0 Å². The number of benzene rings is 2. The van der Waals surface area contributed by atoms with Gasteiger partial charge >= 0.3 is 0 Å². The Labute approximate surface area is 138 Å². The van der Waals surface area contributed by atoms with Crippen LogP contribution in [0.25, 0.3) is 10.9 Å². The van der Waals surface area contributed by atoms with Gasteiger partial charge in [0.1, 0.15) is 11.5 Å². The Morgan fingerprint density at radius 1 is 1.13 bits per heavy atom. The van der Waals surface area contributed by atoms with E-state index < -0.39 is 0 Å². The van der Waals surface area contributed by atoms with Crippen LogP contribution in [-0.4, -0.2) is 23.8 Å². The van der Waals surface area contributed by atoms with Crippen LogP contribution < -0.4 is 15.0 Å². The van der Waals surface area contributed by atoms with Crippen LogP contribution in [0.2, 0.25) is 0 Å². The zero-order chi connectivity index (χ0) is 16.4. The van der Waals surface area contributed by atoms with Gasteiger partial charge in [-0.1, -0.05) is 12.1 Å². The lowest BCUT2D eigenvalue weighted by Gasteiger charge is -2.13. The second-order valence-electron chi connectivity index (χ2n) is 5.04. The number of fused-ring (bicyclic) bond motifs is 1. The average Bonchev–Trinajstić information content (AvgIpc) is 2.58. The highest BCUT2D eigenvalue weighted by Crippen LogP contribution is 2.24. The van der Waals surface area contributed by atoms with E-state index in [1.165, 1.54) is 4.57 Å². The van der Waals surface area contributed by atoms with E-state index in [0.29, 0.717) is 28.2 Å². The highest BCUT2D eigenvalue weighted by atomic mass is 32.1. The topological polar surface area (TPSA) is 56.2 Å². The van der Waals surface area contributed by atoms with Crippen molar-refractivity contribution in [3.63, 3.8) is 0 Å². The Kier molecular flexibility index (Phi) is 4.16. The van der Waals surface area contributed by atoms with Crippen molar-refractivity contribution in [3.8, 4) is 11.5 Å². The van der Waals surface area contributed by atoms with Crippen LogP contribution in [0, 0.1) is 4.77 Å². The molecule has 0 amide bonds. The van der Waals surface area contributed by atoms with E-state index in [4.69, 9.17) is 21.7 Å². The van der Waals surface area contributed by atoms with Crippen molar-refractivity contribution in [2.75, 3.05) is 14.2 Å². The maximum atomic E-state index is 12.7. The summed E-state index contributed by atoms with van der Waals surface area (Å²) in [4.78, 5) is 15.8. The number of H-pyrrole nitrogens is 1. The first-order valence-electron chi connectivity index (χ1n) is 7.07. The van der Waals surface area contributed by atoms with E-state index in [-0.39, 0.29) is 5.56 Å². The molecule has 5 nitrogen and oxygen atoms in total. The molecule has 0 saturated carbocycles. The number of aromatic nitrogens is 2. The van der Waals surface area contributed by atoms with Gasteiger partial charge in [-0.3, -0.25) is 9.36 Å². The Morgan fingerprint density at radius 2 is 1.91 bits per heavy atom. The largest absolute Gasteiger partial charge is 0.497 e. The second kappa shape index (κ2) is 6.26. The molecule has 0 unspecified atom stereocenters. The fraction of sp³-hybridized carbons (Fsp3) is 0.176. The number of hydrogen-bond donors (Lipinski definition) is 1. The molecule has 0 aliphatic rings. The van der Waals surface area contributed by atoms with Crippen molar-refractivity contribution in [3.05, 3.63) is 63.2 Å². The van der Waals surface area contributed by atoms with E-state index in [0.717, 1.165) is 11.1 Å². The third-order valence-electron chi connectivity index (χ3n) is 3.71. The lowest BCUT2D eigenvalue weighted by Crippen LogP contribution is -2.23. The molecule has 0 atom stereocenters. The Balaban J connectivity index is 2.16. The smallest absolute Gasteiger partial charge is 0.262 e. The quantitative estimate of drug-likeness (QED) is 0.748. The molecule has 0 aliphatic heterocycles. The van der Waals surface area contributed by atoms with Crippen LogP contribution >= 0.6 is 12.2 Å². The molecule has 1 aromatic heterocycles. The minimum atomic E-state index is -0.130. The SMILES string of the molecule is COc1ccc(OC)c(Cn2c(=S)[nH]c3ccccc3c2=O)c1. The predicted octanol–water partition coefficient (Wildman–Crippen LogP) is 3.12. The van der Waals surface area contributed by atoms with Crippen LogP contribution in [0.15, 0.2) is 47.3 Å². The maximum Gasteiger partial charge on any atom is 0.262 e. The van der Waals surface area contributed by atoms with Gasteiger partial charge in [-0.05, 0) is 42.5 Å². The van der Waals surface area contributed by atoms with Crippen molar-refractivity contribution in [1.82, 2.24) is 9.55 Å². The van der Waals surface area contributed by atoms with Crippen LogP contribution in [0.3, 0.4) is 0 Å². The lowest BCUT2D eigenvalue weighted by atomic mass is 10.2. The molecule has 0 aliphatic carbocycles. The standard InChI is InChI=1S/C17H16N2O3S/c1-21-12-7-8-15(22-2)11(9-12)10-19-16(20)13-5-3-4-6-14(13)18-17(19)23/h3-9H,10H2,1-2H3,(H,18,23). The summed E-state index contributed by atoms with van der Waals surface area (Å²) in [5.74, 6) is 1.38.